The van der Waals surface area contributed by atoms with Crippen molar-refractivity contribution < 1.29 is 9.90 Å². The zero-order valence-corrected chi connectivity index (χ0v) is 24.1. The van der Waals surface area contributed by atoms with Crippen LogP contribution in [0.1, 0.15) is 33.6 Å². The van der Waals surface area contributed by atoms with Crippen LogP contribution < -0.4 is 11.6 Å². The Morgan fingerprint density at radius 3 is 2.53 bits per heavy atom. The molecule has 1 unspecified atom stereocenters. The average Bonchev–Trinajstić information content (AvgIpc) is 2.89. The highest BCUT2D eigenvalue weighted by Crippen LogP contribution is 2.23. The zero-order valence-electron chi connectivity index (χ0n) is 21.7. The molecule has 0 bridgehead atoms. The summed E-state index contributed by atoms with van der Waals surface area (Å²) >= 11 is 5.12. The van der Waals surface area contributed by atoms with Gasteiger partial charge in [-0.15, -0.1) is 18.2 Å². The topological polar surface area (TPSA) is 121 Å². The van der Waals surface area contributed by atoms with E-state index in [-0.39, 0.29) is 30.0 Å². The van der Waals surface area contributed by atoms with Gasteiger partial charge in [0.2, 0.25) is 5.91 Å². The van der Waals surface area contributed by atoms with Gasteiger partial charge < -0.3 is 15.7 Å². The van der Waals surface area contributed by atoms with Crippen LogP contribution in [0.3, 0.4) is 0 Å². The van der Waals surface area contributed by atoms with Gasteiger partial charge >= 0.3 is 0 Å². The van der Waals surface area contributed by atoms with E-state index < -0.39 is 6.61 Å². The lowest BCUT2D eigenvalue weighted by Crippen LogP contribution is -2.43. The van der Waals surface area contributed by atoms with Gasteiger partial charge in [-0.2, -0.15) is 0 Å². The summed E-state index contributed by atoms with van der Waals surface area (Å²) in [6.45, 7) is 14.8. The smallest absolute Gasteiger partial charge is 0.248 e. The predicted molar refractivity (Wildman–Crippen MR) is 159 cm³/mol. The third-order valence-electron chi connectivity index (χ3n) is 5.02. The van der Waals surface area contributed by atoms with Crippen LogP contribution in [0.25, 0.3) is 0 Å². The van der Waals surface area contributed by atoms with Crippen molar-refractivity contribution in [1.82, 2.24) is 9.91 Å². The minimum atomic E-state index is -0.449. The normalized spacial score (nSPS) is 16.4. The summed E-state index contributed by atoms with van der Waals surface area (Å²) in [6, 6.07) is 0. The molecule has 1 atom stereocenters. The molecule has 1 aliphatic rings. The van der Waals surface area contributed by atoms with Gasteiger partial charge in [0.05, 0.1) is 11.7 Å². The van der Waals surface area contributed by atoms with Crippen molar-refractivity contribution in [3.8, 4) is 12.3 Å². The SMILES string of the molecule is C#CC(Br)/C(=N\CN(N)CN)C1CCN(C(=O)CO)CC1.C=CN=C(SCC(=C)C)/C(C)=C/C=C\C. The number of carbonyl (C=O) groups excluding carboxylic acids is 1. The van der Waals surface area contributed by atoms with E-state index in [9.17, 15) is 4.79 Å². The van der Waals surface area contributed by atoms with Crippen LogP contribution in [-0.2, 0) is 4.79 Å². The van der Waals surface area contributed by atoms with Crippen LogP contribution in [0, 0.1) is 18.3 Å². The lowest BCUT2D eigenvalue weighted by molar-refractivity contribution is -0.135. The standard InChI is InChI=1S/C13H22BrN5O2.C13H19NS/c1-2-11(14)13(17-9-19(16)8-15)10-3-5-18(6-4-10)12(21)7-20;1-6-8-9-12(5)13(14-7-2)15-10-11(3)4/h1,10-11,20H,3-9,15-16H2;6-9H,2-3,10H2,1,4-5H3/b17-13-;8-6-,12-9+,14-13?. The number of aliphatic hydroxyl groups is 1. The van der Waals surface area contributed by atoms with Gasteiger partial charge in [0, 0.05) is 36.7 Å². The second kappa shape index (κ2) is 20.1. The number of alkyl halides is 1. The van der Waals surface area contributed by atoms with Gasteiger partial charge in [-0.1, -0.05) is 58.8 Å². The van der Waals surface area contributed by atoms with E-state index in [4.69, 9.17) is 23.1 Å². The Hall–Kier alpha value is -2.00. The molecule has 0 aliphatic carbocycles. The summed E-state index contributed by atoms with van der Waals surface area (Å²) < 4.78 is 0. The van der Waals surface area contributed by atoms with Gasteiger partial charge in [-0.3, -0.25) is 20.6 Å². The monoisotopic (exact) mass is 580 g/mol. The summed E-state index contributed by atoms with van der Waals surface area (Å²) in [6.07, 6.45) is 14.6. The Balaban J connectivity index is 0.000000723. The van der Waals surface area contributed by atoms with Gasteiger partial charge in [0.15, 0.2) is 0 Å². The van der Waals surface area contributed by atoms with Crippen LogP contribution in [-0.4, -0.2) is 75.3 Å². The van der Waals surface area contributed by atoms with Crippen molar-refractivity contribution >= 4 is 44.4 Å². The van der Waals surface area contributed by atoms with E-state index in [0.29, 0.717) is 13.1 Å². The molecule has 1 heterocycles. The second-order valence-electron chi connectivity index (χ2n) is 8.08. The number of rotatable bonds is 11. The van der Waals surface area contributed by atoms with Gasteiger partial charge in [0.1, 0.15) is 18.1 Å². The molecule has 1 fully saturated rings. The van der Waals surface area contributed by atoms with Crippen LogP contribution in [0.2, 0.25) is 0 Å². The highest BCUT2D eigenvalue weighted by atomic mass is 79.9. The molecular weight excluding hydrogens is 540 g/mol. The Labute approximate surface area is 229 Å². The Bertz CT molecular complexity index is 870. The minimum absolute atomic E-state index is 0.194. The first-order valence-electron chi connectivity index (χ1n) is 11.6. The van der Waals surface area contributed by atoms with Crippen molar-refractivity contribution in [3.63, 3.8) is 0 Å². The molecule has 0 aromatic rings. The number of thioether (sulfide) groups is 1. The molecule has 1 aliphatic heterocycles. The Morgan fingerprint density at radius 2 is 2.06 bits per heavy atom. The predicted octanol–water partition coefficient (Wildman–Crippen LogP) is 3.46. The molecule has 1 rings (SSSR count). The number of allylic oxidation sites excluding steroid dienone is 3. The van der Waals surface area contributed by atoms with E-state index in [1.54, 1.807) is 22.9 Å². The molecule has 8 nitrogen and oxygen atoms in total. The van der Waals surface area contributed by atoms with E-state index >= 15 is 0 Å². The number of aliphatic hydroxyl groups excluding tert-OH is 1. The number of aliphatic imine (C=N–C) groups is 2. The number of hydrogen-bond donors (Lipinski definition) is 3. The fourth-order valence-electron chi connectivity index (χ4n) is 3.10. The zero-order chi connectivity index (χ0) is 27.5. The molecular formula is C26H41BrN6O2S. The van der Waals surface area contributed by atoms with Crippen molar-refractivity contribution in [2.45, 2.75) is 38.4 Å². The lowest BCUT2D eigenvalue weighted by atomic mass is 9.90. The Kier molecular flexibility index (Phi) is 19.0. The summed E-state index contributed by atoms with van der Waals surface area (Å²) in [7, 11) is 0. The molecule has 0 radical (unpaired) electrons. The number of amides is 1. The van der Waals surface area contributed by atoms with Crippen LogP contribution >= 0.6 is 27.7 Å². The number of piperidine rings is 1. The number of hydrazine groups is 1. The van der Waals surface area contributed by atoms with Gasteiger partial charge in [0.25, 0.3) is 0 Å². The third-order valence-corrected chi connectivity index (χ3v) is 7.09. The summed E-state index contributed by atoms with van der Waals surface area (Å²) in [5.74, 6) is 9.10. The molecule has 36 heavy (non-hydrogen) atoms. The van der Waals surface area contributed by atoms with Gasteiger partial charge in [-0.05, 0) is 39.2 Å². The molecule has 10 heteroatoms. The van der Waals surface area contributed by atoms with Crippen LogP contribution in [0.4, 0.5) is 0 Å². The van der Waals surface area contributed by atoms with Crippen LogP contribution in [0.15, 0.2) is 58.7 Å². The van der Waals surface area contributed by atoms with E-state index in [1.165, 1.54) is 5.01 Å². The van der Waals surface area contributed by atoms with Crippen molar-refractivity contribution in [2.75, 3.05) is 38.8 Å². The molecule has 200 valence electrons. The fourth-order valence-corrected chi connectivity index (χ4v) is 4.44. The first-order chi connectivity index (χ1) is 17.1. The lowest BCUT2D eigenvalue weighted by Gasteiger charge is -2.33. The number of carbonyl (C=O) groups is 1. The van der Waals surface area contributed by atoms with E-state index in [2.05, 4.69) is 45.0 Å². The number of likely N-dealkylation sites (tertiary alicyclic amines) is 1. The first-order valence-corrected chi connectivity index (χ1v) is 13.5. The third kappa shape index (κ3) is 13.9. The first kappa shape index (κ1) is 34.0. The summed E-state index contributed by atoms with van der Waals surface area (Å²) in [5, 5.41) is 11.3. The number of nitrogens with two attached hydrogens (primary N) is 2. The van der Waals surface area contributed by atoms with Crippen molar-refractivity contribution in [1.29, 1.82) is 0 Å². The molecule has 0 aromatic carbocycles. The van der Waals surface area contributed by atoms with Crippen molar-refractivity contribution in [2.24, 2.45) is 27.5 Å². The Morgan fingerprint density at radius 1 is 1.42 bits per heavy atom. The fraction of sp³-hybridized carbons (Fsp3) is 0.500. The number of hydrogen-bond acceptors (Lipinski definition) is 8. The minimum Gasteiger partial charge on any atom is -0.387 e. The highest BCUT2D eigenvalue weighted by Gasteiger charge is 2.28. The largest absolute Gasteiger partial charge is 0.387 e. The summed E-state index contributed by atoms with van der Waals surface area (Å²) in [4.78, 5) is 21.6. The number of terminal acetylenes is 1. The molecule has 1 amide bonds. The summed E-state index contributed by atoms with van der Waals surface area (Å²) in [5.41, 5.74) is 8.58. The average molecular weight is 582 g/mol. The molecule has 0 aromatic heterocycles. The van der Waals surface area contributed by atoms with E-state index in [0.717, 1.165) is 40.5 Å². The van der Waals surface area contributed by atoms with E-state index in [1.807, 2.05) is 39.0 Å². The molecule has 0 spiro atoms. The molecule has 1 saturated heterocycles. The molecule has 5 N–H and O–H groups in total. The van der Waals surface area contributed by atoms with Crippen LogP contribution in [0.5, 0.6) is 0 Å². The second-order valence-corrected chi connectivity index (χ2v) is 9.96. The maximum Gasteiger partial charge on any atom is 0.248 e. The van der Waals surface area contributed by atoms with Crippen molar-refractivity contribution in [3.05, 3.63) is 48.7 Å². The molecule has 0 saturated carbocycles. The maximum absolute atomic E-state index is 11.5. The highest BCUT2D eigenvalue weighted by molar-refractivity contribution is 9.10. The van der Waals surface area contributed by atoms with Gasteiger partial charge in [-0.25, -0.2) is 5.01 Å². The quantitative estimate of drug-likeness (QED) is 0.0396. The number of halogens is 1. The number of nitrogens with zero attached hydrogens (tertiary/aromatic N) is 4. The maximum atomic E-state index is 11.5.